The summed E-state index contributed by atoms with van der Waals surface area (Å²) >= 11 is 6.01. The Morgan fingerprint density at radius 2 is 2.08 bits per heavy atom. The van der Waals surface area contributed by atoms with E-state index < -0.39 is 5.97 Å². The Morgan fingerprint density at radius 1 is 1.32 bits per heavy atom. The molecule has 0 bridgehead atoms. The SMILES string of the molecule is CCN(CC(=O)O)C1CC(NC(=O)NC2CCc3cc(Cl)ccc32)C1. The molecule has 136 valence electrons. The molecule has 1 aromatic carbocycles. The monoisotopic (exact) mass is 365 g/mol. The molecule has 25 heavy (non-hydrogen) atoms. The van der Waals surface area contributed by atoms with Crippen molar-refractivity contribution in [2.24, 2.45) is 0 Å². The standard InChI is InChI=1S/C18H24ClN3O3/c1-2-22(10-17(23)24)14-8-13(9-14)20-18(25)21-16-6-3-11-7-12(19)4-5-15(11)16/h4-5,7,13-14,16H,2-3,6,8-10H2,1H3,(H,23,24)(H2,20,21,25). The fourth-order valence-electron chi connectivity index (χ4n) is 3.80. The first kappa shape index (κ1) is 18.0. The van der Waals surface area contributed by atoms with E-state index in [1.807, 2.05) is 30.0 Å². The van der Waals surface area contributed by atoms with Gasteiger partial charge in [-0.2, -0.15) is 0 Å². The molecule has 0 radical (unpaired) electrons. The minimum absolute atomic E-state index is 0.0299. The van der Waals surface area contributed by atoms with E-state index in [4.69, 9.17) is 16.7 Å². The summed E-state index contributed by atoms with van der Waals surface area (Å²) in [5.41, 5.74) is 2.35. The molecule has 1 unspecified atom stereocenters. The van der Waals surface area contributed by atoms with Gasteiger partial charge in [-0.25, -0.2) is 4.79 Å². The summed E-state index contributed by atoms with van der Waals surface area (Å²) in [5, 5.41) is 15.7. The van der Waals surface area contributed by atoms with Crippen molar-refractivity contribution >= 4 is 23.6 Å². The number of carbonyl (C=O) groups is 2. The number of aryl methyl sites for hydroxylation is 1. The molecule has 0 aliphatic heterocycles. The Balaban J connectivity index is 1.45. The van der Waals surface area contributed by atoms with E-state index in [-0.39, 0.29) is 30.7 Å². The van der Waals surface area contributed by atoms with Crippen molar-refractivity contribution in [3.8, 4) is 0 Å². The van der Waals surface area contributed by atoms with Crippen LogP contribution in [0.4, 0.5) is 4.79 Å². The largest absolute Gasteiger partial charge is 0.480 e. The number of likely N-dealkylation sites (N-methyl/N-ethyl adjacent to an activating group) is 1. The van der Waals surface area contributed by atoms with E-state index in [2.05, 4.69) is 10.6 Å². The first-order chi connectivity index (χ1) is 12.0. The lowest BCUT2D eigenvalue weighted by Gasteiger charge is -2.42. The minimum Gasteiger partial charge on any atom is -0.480 e. The lowest BCUT2D eigenvalue weighted by atomic mass is 9.85. The minimum atomic E-state index is -0.809. The van der Waals surface area contributed by atoms with Crippen LogP contribution in [0.1, 0.15) is 43.4 Å². The third-order valence-corrected chi connectivity index (χ3v) is 5.43. The summed E-state index contributed by atoms with van der Waals surface area (Å²) in [6, 6.07) is 6.03. The zero-order valence-electron chi connectivity index (χ0n) is 14.3. The van der Waals surface area contributed by atoms with Gasteiger partial charge in [0.15, 0.2) is 0 Å². The van der Waals surface area contributed by atoms with Crippen LogP contribution >= 0.6 is 11.6 Å². The predicted molar refractivity (Wildman–Crippen MR) is 95.9 cm³/mol. The van der Waals surface area contributed by atoms with Gasteiger partial charge in [-0.1, -0.05) is 24.6 Å². The van der Waals surface area contributed by atoms with Crippen LogP contribution in [0, 0.1) is 0 Å². The Hall–Kier alpha value is -1.79. The highest BCUT2D eigenvalue weighted by Gasteiger charge is 2.35. The number of nitrogens with zero attached hydrogens (tertiary/aromatic N) is 1. The van der Waals surface area contributed by atoms with Crippen molar-refractivity contribution in [3.05, 3.63) is 34.3 Å². The zero-order chi connectivity index (χ0) is 18.0. The highest BCUT2D eigenvalue weighted by Crippen LogP contribution is 2.33. The van der Waals surface area contributed by atoms with Gasteiger partial charge in [0.05, 0.1) is 12.6 Å². The molecule has 1 saturated carbocycles. The number of amides is 2. The average Bonchev–Trinajstić information content (AvgIpc) is 2.90. The molecule has 3 rings (SSSR count). The third-order valence-electron chi connectivity index (χ3n) is 5.20. The van der Waals surface area contributed by atoms with E-state index >= 15 is 0 Å². The van der Waals surface area contributed by atoms with Crippen molar-refractivity contribution in [1.29, 1.82) is 0 Å². The summed E-state index contributed by atoms with van der Waals surface area (Å²) in [4.78, 5) is 25.0. The molecule has 1 aromatic rings. The number of rotatable bonds is 6. The van der Waals surface area contributed by atoms with Crippen LogP contribution in [0.5, 0.6) is 0 Å². The normalized spacial score (nSPS) is 24.5. The van der Waals surface area contributed by atoms with E-state index in [1.54, 1.807) is 0 Å². The summed E-state index contributed by atoms with van der Waals surface area (Å²) in [6.07, 6.45) is 3.41. The fourth-order valence-corrected chi connectivity index (χ4v) is 3.99. The number of fused-ring (bicyclic) bond motifs is 1. The van der Waals surface area contributed by atoms with Gasteiger partial charge in [0, 0.05) is 17.1 Å². The first-order valence-electron chi connectivity index (χ1n) is 8.77. The van der Waals surface area contributed by atoms with Crippen molar-refractivity contribution in [1.82, 2.24) is 15.5 Å². The smallest absolute Gasteiger partial charge is 0.317 e. The zero-order valence-corrected chi connectivity index (χ0v) is 15.1. The third kappa shape index (κ3) is 4.25. The Labute approximate surface area is 152 Å². The molecule has 0 heterocycles. The second-order valence-electron chi connectivity index (χ2n) is 6.83. The number of halogens is 1. The molecular weight excluding hydrogens is 342 g/mol. The molecule has 0 saturated heterocycles. The lowest BCUT2D eigenvalue weighted by molar-refractivity contribution is -0.139. The maximum absolute atomic E-state index is 12.2. The van der Waals surface area contributed by atoms with Crippen LogP contribution in [-0.2, 0) is 11.2 Å². The molecule has 3 N–H and O–H groups in total. The topological polar surface area (TPSA) is 81.7 Å². The summed E-state index contributed by atoms with van der Waals surface area (Å²) in [6.45, 7) is 2.72. The Kier molecular flexibility index (Phi) is 5.49. The number of nitrogens with one attached hydrogen (secondary N) is 2. The number of carbonyl (C=O) groups excluding carboxylic acids is 1. The second kappa shape index (κ2) is 7.62. The maximum atomic E-state index is 12.2. The van der Waals surface area contributed by atoms with Gasteiger partial charge in [0.2, 0.25) is 0 Å². The van der Waals surface area contributed by atoms with E-state index in [0.717, 1.165) is 36.3 Å². The number of carboxylic acids is 1. The molecular formula is C18H24ClN3O3. The number of hydrogen-bond acceptors (Lipinski definition) is 3. The highest BCUT2D eigenvalue weighted by atomic mass is 35.5. The molecule has 2 aliphatic carbocycles. The predicted octanol–water partition coefficient (Wildman–Crippen LogP) is 2.56. The van der Waals surface area contributed by atoms with Crippen molar-refractivity contribution in [2.75, 3.05) is 13.1 Å². The van der Waals surface area contributed by atoms with Gasteiger partial charge >= 0.3 is 12.0 Å². The highest BCUT2D eigenvalue weighted by molar-refractivity contribution is 6.30. The molecule has 2 amide bonds. The summed E-state index contributed by atoms with van der Waals surface area (Å²) in [5.74, 6) is -0.809. The number of benzene rings is 1. The Morgan fingerprint density at radius 3 is 2.76 bits per heavy atom. The van der Waals surface area contributed by atoms with Crippen LogP contribution in [0.15, 0.2) is 18.2 Å². The van der Waals surface area contributed by atoms with Crippen molar-refractivity contribution in [2.45, 2.75) is 50.7 Å². The second-order valence-corrected chi connectivity index (χ2v) is 7.27. The summed E-state index contributed by atoms with van der Waals surface area (Å²) in [7, 11) is 0. The summed E-state index contributed by atoms with van der Waals surface area (Å²) < 4.78 is 0. The van der Waals surface area contributed by atoms with E-state index in [1.165, 1.54) is 5.56 Å². The number of aliphatic carboxylic acids is 1. The van der Waals surface area contributed by atoms with Crippen LogP contribution in [0.3, 0.4) is 0 Å². The van der Waals surface area contributed by atoms with Crippen LogP contribution in [0.2, 0.25) is 5.02 Å². The van der Waals surface area contributed by atoms with Gasteiger partial charge in [-0.15, -0.1) is 0 Å². The van der Waals surface area contributed by atoms with E-state index in [0.29, 0.717) is 6.54 Å². The lowest BCUT2D eigenvalue weighted by Crippen LogP contribution is -2.56. The molecule has 7 heteroatoms. The molecule has 1 atom stereocenters. The van der Waals surface area contributed by atoms with Gasteiger partial charge in [-0.3, -0.25) is 9.69 Å². The molecule has 1 fully saturated rings. The van der Waals surface area contributed by atoms with Crippen LogP contribution in [-0.4, -0.2) is 47.2 Å². The maximum Gasteiger partial charge on any atom is 0.317 e. The van der Waals surface area contributed by atoms with Gasteiger partial charge < -0.3 is 15.7 Å². The fraction of sp³-hybridized carbons (Fsp3) is 0.556. The average molecular weight is 366 g/mol. The first-order valence-corrected chi connectivity index (χ1v) is 9.15. The van der Waals surface area contributed by atoms with E-state index in [9.17, 15) is 9.59 Å². The quantitative estimate of drug-likeness (QED) is 0.723. The van der Waals surface area contributed by atoms with Gasteiger partial charge in [0.25, 0.3) is 0 Å². The number of carboxylic acid groups (broad SMARTS) is 1. The number of urea groups is 1. The molecule has 0 spiro atoms. The Bertz CT molecular complexity index is 661. The number of hydrogen-bond donors (Lipinski definition) is 3. The van der Waals surface area contributed by atoms with Crippen molar-refractivity contribution in [3.63, 3.8) is 0 Å². The molecule has 6 nitrogen and oxygen atoms in total. The molecule has 0 aromatic heterocycles. The van der Waals surface area contributed by atoms with Crippen LogP contribution in [0.25, 0.3) is 0 Å². The van der Waals surface area contributed by atoms with Gasteiger partial charge in [0.1, 0.15) is 0 Å². The van der Waals surface area contributed by atoms with Crippen molar-refractivity contribution < 1.29 is 14.7 Å². The van der Waals surface area contributed by atoms with Gasteiger partial charge in [-0.05, 0) is 55.5 Å². The van der Waals surface area contributed by atoms with Crippen LogP contribution < -0.4 is 10.6 Å². The molecule has 2 aliphatic rings.